The topological polar surface area (TPSA) is 29.9 Å². The quantitative estimate of drug-likeness (QED) is 0.800. The van der Waals surface area contributed by atoms with Crippen LogP contribution >= 0.6 is 0 Å². The lowest BCUT2D eigenvalue weighted by Gasteiger charge is -2.24. The van der Waals surface area contributed by atoms with Gasteiger partial charge < -0.3 is 5.32 Å². The maximum absolute atomic E-state index is 4.28. The highest BCUT2D eigenvalue weighted by Gasteiger charge is 2.34. The van der Waals surface area contributed by atoms with Crippen LogP contribution in [-0.2, 0) is 7.05 Å². The Morgan fingerprint density at radius 2 is 2.31 bits per heavy atom. The predicted molar refractivity (Wildman–Crippen MR) is 66.1 cm³/mol. The van der Waals surface area contributed by atoms with E-state index in [1.807, 2.05) is 17.9 Å². The summed E-state index contributed by atoms with van der Waals surface area (Å²) in [7, 11) is 1.99. The normalized spacial score (nSPS) is 19.7. The van der Waals surface area contributed by atoms with E-state index in [4.69, 9.17) is 0 Å². The fourth-order valence-electron chi connectivity index (χ4n) is 2.40. The van der Waals surface area contributed by atoms with Crippen LogP contribution in [0.15, 0.2) is 12.4 Å². The third-order valence-electron chi connectivity index (χ3n) is 3.59. The van der Waals surface area contributed by atoms with Crippen LogP contribution in [0.4, 0.5) is 0 Å². The molecule has 0 aromatic carbocycles. The molecule has 3 nitrogen and oxygen atoms in total. The lowest BCUT2D eigenvalue weighted by molar-refractivity contribution is 0.349. The van der Waals surface area contributed by atoms with Crippen molar-refractivity contribution in [2.75, 3.05) is 6.54 Å². The lowest BCUT2D eigenvalue weighted by Crippen LogP contribution is -2.28. The second-order valence-electron chi connectivity index (χ2n) is 5.08. The molecule has 1 N–H and O–H groups in total. The van der Waals surface area contributed by atoms with E-state index in [0.29, 0.717) is 6.04 Å². The zero-order valence-corrected chi connectivity index (χ0v) is 10.6. The van der Waals surface area contributed by atoms with Crippen molar-refractivity contribution in [3.63, 3.8) is 0 Å². The van der Waals surface area contributed by atoms with Gasteiger partial charge in [-0.25, -0.2) is 0 Å². The van der Waals surface area contributed by atoms with Crippen LogP contribution in [0.1, 0.15) is 44.7 Å². The smallest absolute Gasteiger partial charge is 0.0537 e. The van der Waals surface area contributed by atoms with Crippen molar-refractivity contribution in [3.8, 4) is 0 Å². The van der Waals surface area contributed by atoms with Crippen LogP contribution in [0.3, 0.4) is 0 Å². The molecule has 2 rings (SSSR count). The van der Waals surface area contributed by atoms with Crippen LogP contribution in [0, 0.1) is 11.8 Å². The van der Waals surface area contributed by atoms with Gasteiger partial charge in [0.2, 0.25) is 0 Å². The Morgan fingerprint density at radius 3 is 2.81 bits per heavy atom. The third kappa shape index (κ3) is 2.64. The lowest BCUT2D eigenvalue weighted by atomic mass is 9.92. The fraction of sp³-hybridized carbons (Fsp3) is 0.769. The molecule has 16 heavy (non-hydrogen) atoms. The van der Waals surface area contributed by atoms with Crippen LogP contribution in [0.2, 0.25) is 0 Å². The van der Waals surface area contributed by atoms with Gasteiger partial charge in [0, 0.05) is 24.8 Å². The SMILES string of the molecule is CCCNC(c1cnn(C)c1)C(C)C1CC1. The second-order valence-corrected chi connectivity index (χ2v) is 5.08. The van der Waals surface area contributed by atoms with Gasteiger partial charge in [-0.05, 0) is 37.6 Å². The number of nitrogens with zero attached hydrogens (tertiary/aromatic N) is 2. The summed E-state index contributed by atoms with van der Waals surface area (Å²) in [5, 5.41) is 7.95. The summed E-state index contributed by atoms with van der Waals surface area (Å²) < 4.78 is 1.90. The van der Waals surface area contributed by atoms with Crippen LogP contribution < -0.4 is 5.32 Å². The highest BCUT2D eigenvalue weighted by Crippen LogP contribution is 2.42. The molecular formula is C13H23N3. The molecule has 1 aliphatic carbocycles. The van der Waals surface area contributed by atoms with Crippen LogP contribution in [0.5, 0.6) is 0 Å². The number of aryl methyl sites for hydroxylation is 1. The van der Waals surface area contributed by atoms with Gasteiger partial charge in [0.15, 0.2) is 0 Å². The molecule has 0 amide bonds. The number of aromatic nitrogens is 2. The third-order valence-corrected chi connectivity index (χ3v) is 3.59. The molecule has 1 heterocycles. The molecule has 0 radical (unpaired) electrons. The van der Waals surface area contributed by atoms with Crippen LogP contribution in [-0.4, -0.2) is 16.3 Å². The summed E-state index contributed by atoms with van der Waals surface area (Å²) >= 11 is 0. The average Bonchev–Trinajstić information content (AvgIpc) is 3.03. The first kappa shape index (κ1) is 11.6. The zero-order chi connectivity index (χ0) is 11.5. The largest absolute Gasteiger partial charge is 0.310 e. The Labute approximate surface area is 98.2 Å². The molecule has 0 spiro atoms. The van der Waals surface area contributed by atoms with Gasteiger partial charge in [-0.1, -0.05) is 13.8 Å². The van der Waals surface area contributed by atoms with Gasteiger partial charge >= 0.3 is 0 Å². The van der Waals surface area contributed by atoms with E-state index in [0.717, 1.165) is 18.4 Å². The van der Waals surface area contributed by atoms with Gasteiger partial charge in [0.05, 0.1) is 6.20 Å². The van der Waals surface area contributed by atoms with Gasteiger partial charge in [-0.2, -0.15) is 5.10 Å². The summed E-state index contributed by atoms with van der Waals surface area (Å²) in [5.74, 6) is 1.66. The minimum absolute atomic E-state index is 0.487. The minimum Gasteiger partial charge on any atom is -0.310 e. The van der Waals surface area contributed by atoms with Gasteiger partial charge in [-0.3, -0.25) is 4.68 Å². The molecule has 2 unspecified atom stereocenters. The summed E-state index contributed by atoms with van der Waals surface area (Å²) in [6.45, 7) is 5.68. The standard InChI is InChI=1S/C13H23N3/c1-4-7-14-13(10(2)11-5-6-11)12-8-15-16(3)9-12/h8-11,13-14H,4-7H2,1-3H3. The maximum Gasteiger partial charge on any atom is 0.0537 e. The van der Waals surface area contributed by atoms with E-state index in [9.17, 15) is 0 Å². The molecule has 1 saturated carbocycles. The highest BCUT2D eigenvalue weighted by molar-refractivity contribution is 5.12. The Balaban J connectivity index is 2.06. The van der Waals surface area contributed by atoms with Crippen molar-refractivity contribution in [1.29, 1.82) is 0 Å². The highest BCUT2D eigenvalue weighted by atomic mass is 15.2. The molecular weight excluding hydrogens is 198 g/mol. The first-order valence-electron chi connectivity index (χ1n) is 6.44. The zero-order valence-electron chi connectivity index (χ0n) is 10.6. The second kappa shape index (κ2) is 5.00. The monoisotopic (exact) mass is 221 g/mol. The van der Waals surface area contributed by atoms with Gasteiger partial charge in [0.1, 0.15) is 0 Å². The maximum atomic E-state index is 4.28. The molecule has 90 valence electrons. The van der Waals surface area contributed by atoms with Crippen molar-refractivity contribution >= 4 is 0 Å². The van der Waals surface area contributed by atoms with E-state index in [1.165, 1.54) is 24.8 Å². The molecule has 0 aliphatic heterocycles. The Hall–Kier alpha value is -0.830. The number of hydrogen-bond donors (Lipinski definition) is 1. The van der Waals surface area contributed by atoms with E-state index < -0.39 is 0 Å². The minimum atomic E-state index is 0.487. The first-order chi connectivity index (χ1) is 7.72. The summed E-state index contributed by atoms with van der Waals surface area (Å²) in [6, 6.07) is 0.487. The average molecular weight is 221 g/mol. The van der Waals surface area contributed by atoms with Gasteiger partial charge in [-0.15, -0.1) is 0 Å². The van der Waals surface area contributed by atoms with Crippen molar-refractivity contribution < 1.29 is 0 Å². The molecule has 1 aromatic heterocycles. The summed E-state index contributed by atoms with van der Waals surface area (Å²) in [4.78, 5) is 0. The Kier molecular flexibility index (Phi) is 3.64. The number of nitrogens with one attached hydrogen (secondary N) is 1. The first-order valence-corrected chi connectivity index (χ1v) is 6.44. The Bertz CT molecular complexity index is 328. The summed E-state index contributed by atoms with van der Waals surface area (Å²) in [5.41, 5.74) is 1.34. The number of hydrogen-bond acceptors (Lipinski definition) is 2. The summed E-state index contributed by atoms with van der Waals surface area (Å²) in [6.07, 6.45) is 8.16. The molecule has 1 aliphatic rings. The molecule has 0 bridgehead atoms. The van der Waals surface area contributed by atoms with Crippen molar-refractivity contribution in [1.82, 2.24) is 15.1 Å². The van der Waals surface area contributed by atoms with Gasteiger partial charge in [0.25, 0.3) is 0 Å². The van der Waals surface area contributed by atoms with Crippen molar-refractivity contribution in [2.24, 2.45) is 18.9 Å². The molecule has 3 heteroatoms. The number of rotatable bonds is 6. The van der Waals surface area contributed by atoms with E-state index in [-0.39, 0.29) is 0 Å². The van der Waals surface area contributed by atoms with E-state index >= 15 is 0 Å². The molecule has 1 aromatic rings. The molecule has 1 fully saturated rings. The van der Waals surface area contributed by atoms with E-state index in [1.54, 1.807) is 0 Å². The Morgan fingerprint density at radius 1 is 1.56 bits per heavy atom. The fourth-order valence-corrected chi connectivity index (χ4v) is 2.40. The van der Waals surface area contributed by atoms with Crippen molar-refractivity contribution in [3.05, 3.63) is 18.0 Å². The van der Waals surface area contributed by atoms with E-state index in [2.05, 4.69) is 30.5 Å². The van der Waals surface area contributed by atoms with Crippen LogP contribution in [0.25, 0.3) is 0 Å². The molecule has 2 atom stereocenters. The van der Waals surface area contributed by atoms with Crippen molar-refractivity contribution in [2.45, 2.75) is 39.2 Å². The molecule has 0 saturated heterocycles. The predicted octanol–water partition coefficient (Wildman–Crippen LogP) is 2.51.